The number of H-pyrrole nitrogens is 1. The number of nitrogens with one attached hydrogen (secondary N) is 2. The monoisotopic (exact) mass is 310 g/mol. The number of morpholine rings is 1. The first-order valence-corrected chi connectivity index (χ1v) is 7.67. The van der Waals surface area contributed by atoms with Gasteiger partial charge in [0.05, 0.1) is 36.8 Å². The van der Waals surface area contributed by atoms with Crippen molar-refractivity contribution >= 4 is 22.5 Å². The van der Waals surface area contributed by atoms with Crippen LogP contribution in [-0.4, -0.2) is 53.5 Å². The lowest BCUT2D eigenvalue weighted by molar-refractivity contribution is 0.122. The fraction of sp³-hybridized carbons (Fsp3) is 0.312. The van der Waals surface area contributed by atoms with Gasteiger partial charge >= 0.3 is 0 Å². The summed E-state index contributed by atoms with van der Waals surface area (Å²) < 4.78 is 5.43. The minimum absolute atomic E-state index is 0.715. The van der Waals surface area contributed by atoms with Gasteiger partial charge in [0, 0.05) is 31.1 Å². The van der Waals surface area contributed by atoms with Crippen LogP contribution in [0.25, 0.3) is 22.2 Å². The summed E-state index contributed by atoms with van der Waals surface area (Å²) >= 11 is 0. The van der Waals surface area contributed by atoms with Crippen LogP contribution in [0, 0.1) is 0 Å². The highest BCUT2D eigenvalue weighted by Crippen LogP contribution is 2.30. The summed E-state index contributed by atoms with van der Waals surface area (Å²) in [5.41, 5.74) is 2.87. The van der Waals surface area contributed by atoms with Crippen LogP contribution in [0.2, 0.25) is 0 Å². The molecule has 1 aromatic carbocycles. The molecule has 0 atom stereocenters. The summed E-state index contributed by atoms with van der Waals surface area (Å²) in [5, 5.41) is 11.3. The lowest BCUT2D eigenvalue weighted by Crippen LogP contribution is -2.37. The third-order valence-electron chi connectivity index (χ3n) is 4.06. The highest BCUT2D eigenvalue weighted by atomic mass is 16.5. The zero-order chi connectivity index (χ0) is 15.6. The van der Waals surface area contributed by atoms with Gasteiger partial charge in [0.2, 0.25) is 0 Å². The van der Waals surface area contributed by atoms with E-state index in [1.54, 1.807) is 6.20 Å². The molecule has 2 N–H and O–H groups in total. The van der Waals surface area contributed by atoms with Crippen molar-refractivity contribution in [2.24, 2.45) is 0 Å². The molecule has 23 heavy (non-hydrogen) atoms. The summed E-state index contributed by atoms with van der Waals surface area (Å²) in [6.07, 6.45) is 3.63. The molecule has 0 bridgehead atoms. The minimum atomic E-state index is 0.715. The fourth-order valence-electron chi connectivity index (χ4n) is 2.87. The summed E-state index contributed by atoms with van der Waals surface area (Å²) in [7, 11) is 1.87. The summed E-state index contributed by atoms with van der Waals surface area (Å²) in [6, 6.07) is 6.05. The predicted molar refractivity (Wildman–Crippen MR) is 89.7 cm³/mol. The molecule has 3 aromatic rings. The Morgan fingerprint density at radius 3 is 2.91 bits per heavy atom. The molecule has 0 radical (unpaired) electrons. The maximum Gasteiger partial charge on any atom is 0.172 e. The first kappa shape index (κ1) is 14.0. The molecular weight excluding hydrogens is 292 g/mol. The maximum absolute atomic E-state index is 5.43. The van der Waals surface area contributed by atoms with Gasteiger partial charge in [0.25, 0.3) is 0 Å². The van der Waals surface area contributed by atoms with Gasteiger partial charge in [0.1, 0.15) is 0 Å². The number of hydrogen-bond donors (Lipinski definition) is 2. The topological polar surface area (TPSA) is 79.0 Å². The smallest absolute Gasteiger partial charge is 0.172 e. The number of rotatable bonds is 3. The van der Waals surface area contributed by atoms with Gasteiger partial charge in [-0.15, -0.1) is 0 Å². The molecular formula is C16H18N6O. The lowest BCUT2D eigenvalue weighted by Gasteiger charge is -2.29. The predicted octanol–water partition coefficient (Wildman–Crippen LogP) is 1.90. The zero-order valence-corrected chi connectivity index (χ0v) is 12.9. The van der Waals surface area contributed by atoms with Gasteiger partial charge in [-0.3, -0.25) is 5.10 Å². The SMILES string of the molecule is CNc1ncc(-c2cccc3[nH]ncc23)nc1N1CCOCC1. The van der Waals surface area contributed by atoms with Crippen LogP contribution in [-0.2, 0) is 4.74 Å². The van der Waals surface area contributed by atoms with E-state index in [0.29, 0.717) is 13.2 Å². The Bertz CT molecular complexity index is 824. The van der Waals surface area contributed by atoms with E-state index in [1.807, 2.05) is 31.4 Å². The molecule has 0 aliphatic carbocycles. The van der Waals surface area contributed by atoms with Crippen molar-refractivity contribution < 1.29 is 4.74 Å². The second-order valence-electron chi connectivity index (χ2n) is 5.41. The molecule has 0 unspecified atom stereocenters. The Morgan fingerprint density at radius 1 is 1.22 bits per heavy atom. The van der Waals surface area contributed by atoms with Crippen LogP contribution >= 0.6 is 0 Å². The third-order valence-corrected chi connectivity index (χ3v) is 4.06. The van der Waals surface area contributed by atoms with Crippen molar-refractivity contribution in [3.05, 3.63) is 30.6 Å². The molecule has 1 fully saturated rings. The highest BCUT2D eigenvalue weighted by Gasteiger charge is 2.18. The second kappa shape index (κ2) is 5.85. The average Bonchev–Trinajstić information content (AvgIpc) is 3.10. The largest absolute Gasteiger partial charge is 0.378 e. The Balaban J connectivity index is 1.82. The number of anilines is 2. The number of nitrogens with zero attached hydrogens (tertiary/aromatic N) is 4. The lowest BCUT2D eigenvalue weighted by atomic mass is 10.1. The van der Waals surface area contributed by atoms with Crippen molar-refractivity contribution in [3.63, 3.8) is 0 Å². The molecule has 7 nitrogen and oxygen atoms in total. The normalized spacial score (nSPS) is 15.1. The van der Waals surface area contributed by atoms with Crippen LogP contribution < -0.4 is 10.2 Å². The standard InChI is InChI=1S/C16H18N6O/c1-17-15-16(22-5-7-23-8-6-22)20-14(10-18-15)11-3-2-4-13-12(11)9-19-21-13/h2-4,9-10H,5-8H2,1H3,(H,17,18)(H,19,21). The van der Waals surface area contributed by atoms with Crippen molar-refractivity contribution in [3.8, 4) is 11.3 Å². The van der Waals surface area contributed by atoms with Gasteiger partial charge in [0.15, 0.2) is 11.6 Å². The number of ether oxygens (including phenoxy) is 1. The van der Waals surface area contributed by atoms with E-state index in [-0.39, 0.29) is 0 Å². The van der Waals surface area contributed by atoms with Crippen LogP contribution in [0.1, 0.15) is 0 Å². The number of aromatic amines is 1. The molecule has 118 valence electrons. The first-order chi connectivity index (χ1) is 11.4. The molecule has 0 spiro atoms. The van der Waals surface area contributed by atoms with E-state index in [4.69, 9.17) is 9.72 Å². The highest BCUT2D eigenvalue weighted by molar-refractivity contribution is 5.93. The Morgan fingerprint density at radius 2 is 2.09 bits per heavy atom. The van der Waals surface area contributed by atoms with E-state index in [0.717, 1.165) is 46.9 Å². The second-order valence-corrected chi connectivity index (χ2v) is 5.41. The van der Waals surface area contributed by atoms with Crippen molar-refractivity contribution in [2.75, 3.05) is 43.6 Å². The van der Waals surface area contributed by atoms with E-state index >= 15 is 0 Å². The number of benzene rings is 1. The molecule has 0 saturated carbocycles. The van der Waals surface area contributed by atoms with Crippen LogP contribution in [0.4, 0.5) is 11.6 Å². The van der Waals surface area contributed by atoms with Gasteiger partial charge in [-0.25, -0.2) is 9.97 Å². The Hall–Kier alpha value is -2.67. The van der Waals surface area contributed by atoms with E-state index in [9.17, 15) is 0 Å². The molecule has 7 heteroatoms. The summed E-state index contributed by atoms with van der Waals surface area (Å²) in [6.45, 7) is 3.07. The van der Waals surface area contributed by atoms with Gasteiger partial charge in [-0.2, -0.15) is 5.10 Å². The Labute approximate surface area is 133 Å². The third kappa shape index (κ3) is 2.49. The quantitative estimate of drug-likeness (QED) is 0.769. The minimum Gasteiger partial charge on any atom is -0.378 e. The van der Waals surface area contributed by atoms with Crippen molar-refractivity contribution in [2.45, 2.75) is 0 Å². The summed E-state index contributed by atoms with van der Waals surface area (Å²) in [5.74, 6) is 1.66. The molecule has 3 heterocycles. The average molecular weight is 310 g/mol. The first-order valence-electron chi connectivity index (χ1n) is 7.67. The van der Waals surface area contributed by atoms with Crippen LogP contribution in [0.15, 0.2) is 30.6 Å². The number of fused-ring (bicyclic) bond motifs is 1. The molecule has 0 amide bonds. The van der Waals surface area contributed by atoms with Crippen LogP contribution in [0.3, 0.4) is 0 Å². The number of hydrogen-bond acceptors (Lipinski definition) is 6. The molecule has 1 aliphatic heterocycles. The fourth-order valence-corrected chi connectivity index (χ4v) is 2.87. The molecule has 4 rings (SSSR count). The van der Waals surface area contributed by atoms with Crippen molar-refractivity contribution in [1.29, 1.82) is 0 Å². The van der Waals surface area contributed by atoms with E-state index in [1.165, 1.54) is 0 Å². The van der Waals surface area contributed by atoms with Gasteiger partial charge in [-0.1, -0.05) is 12.1 Å². The Kier molecular flexibility index (Phi) is 3.55. The van der Waals surface area contributed by atoms with Crippen molar-refractivity contribution in [1.82, 2.24) is 20.2 Å². The molecule has 2 aromatic heterocycles. The summed E-state index contributed by atoms with van der Waals surface area (Å²) in [4.78, 5) is 11.6. The zero-order valence-electron chi connectivity index (χ0n) is 12.9. The van der Waals surface area contributed by atoms with Crippen LogP contribution in [0.5, 0.6) is 0 Å². The van der Waals surface area contributed by atoms with Gasteiger partial charge < -0.3 is 15.0 Å². The van der Waals surface area contributed by atoms with E-state index in [2.05, 4.69) is 25.4 Å². The molecule has 1 aliphatic rings. The van der Waals surface area contributed by atoms with E-state index < -0.39 is 0 Å². The maximum atomic E-state index is 5.43. The molecule has 1 saturated heterocycles. The van der Waals surface area contributed by atoms with Gasteiger partial charge in [-0.05, 0) is 6.07 Å². The number of aromatic nitrogens is 4.